The molecule has 0 amide bonds. The summed E-state index contributed by atoms with van der Waals surface area (Å²) in [5.74, 6) is 1.14. The smallest absolute Gasteiger partial charge is 0.227 e. The third kappa shape index (κ3) is 3.13. The fourth-order valence-corrected chi connectivity index (χ4v) is 1.60. The lowest BCUT2D eigenvalue weighted by Gasteiger charge is -2.16. The fraction of sp³-hybridized carbons (Fsp3) is 0.462. The molecule has 0 atom stereocenters. The van der Waals surface area contributed by atoms with E-state index in [0.717, 1.165) is 17.7 Å². The zero-order valence-corrected chi connectivity index (χ0v) is 11.0. The van der Waals surface area contributed by atoms with E-state index in [4.69, 9.17) is 10.3 Å². The van der Waals surface area contributed by atoms with Gasteiger partial charge in [0.15, 0.2) is 0 Å². The molecule has 0 spiro atoms. The molecule has 5 nitrogen and oxygen atoms in total. The van der Waals surface area contributed by atoms with Crippen molar-refractivity contribution in [3.05, 3.63) is 29.8 Å². The molecular weight excluding hydrogens is 228 g/mol. The number of rotatable bonds is 4. The van der Waals surface area contributed by atoms with Crippen LogP contribution in [0.5, 0.6) is 0 Å². The predicted molar refractivity (Wildman–Crippen MR) is 68.9 cm³/mol. The van der Waals surface area contributed by atoms with Crippen molar-refractivity contribution in [1.82, 2.24) is 15.1 Å². The number of nitrogens with two attached hydrogens (primary N) is 1. The van der Waals surface area contributed by atoms with Crippen molar-refractivity contribution in [2.45, 2.75) is 39.2 Å². The van der Waals surface area contributed by atoms with E-state index in [9.17, 15) is 0 Å². The first-order valence-electron chi connectivity index (χ1n) is 5.99. The molecule has 0 saturated carbocycles. The molecule has 2 aromatic rings. The van der Waals surface area contributed by atoms with Crippen LogP contribution in [0.25, 0.3) is 11.5 Å². The van der Waals surface area contributed by atoms with Crippen LogP contribution in [0, 0.1) is 6.92 Å². The van der Waals surface area contributed by atoms with Gasteiger partial charge in [0.05, 0.1) is 0 Å². The highest BCUT2D eigenvalue weighted by Gasteiger charge is 2.15. The van der Waals surface area contributed by atoms with Gasteiger partial charge in [0.2, 0.25) is 11.7 Å². The van der Waals surface area contributed by atoms with Crippen LogP contribution in [0.2, 0.25) is 0 Å². The molecule has 2 rings (SSSR count). The first kappa shape index (κ1) is 12.7. The van der Waals surface area contributed by atoms with Gasteiger partial charge in [0.25, 0.3) is 0 Å². The molecule has 2 heterocycles. The average molecular weight is 246 g/mol. The first-order chi connectivity index (χ1) is 8.46. The van der Waals surface area contributed by atoms with E-state index in [1.807, 2.05) is 32.9 Å². The summed E-state index contributed by atoms with van der Waals surface area (Å²) in [7, 11) is 0. The molecule has 2 N–H and O–H groups in total. The van der Waals surface area contributed by atoms with E-state index >= 15 is 0 Å². The third-order valence-electron chi connectivity index (χ3n) is 2.67. The summed E-state index contributed by atoms with van der Waals surface area (Å²) in [5.41, 5.74) is 7.49. The van der Waals surface area contributed by atoms with E-state index in [1.165, 1.54) is 0 Å². The molecule has 0 saturated heterocycles. The molecule has 0 aromatic carbocycles. The van der Waals surface area contributed by atoms with Gasteiger partial charge in [0.1, 0.15) is 5.69 Å². The zero-order chi connectivity index (χ0) is 13.2. The molecule has 0 aliphatic heterocycles. The summed E-state index contributed by atoms with van der Waals surface area (Å²) in [6.45, 7) is 5.93. The molecule has 5 heteroatoms. The largest absolute Gasteiger partial charge is 0.339 e. The van der Waals surface area contributed by atoms with Gasteiger partial charge >= 0.3 is 0 Å². The van der Waals surface area contributed by atoms with Crippen LogP contribution >= 0.6 is 0 Å². The molecule has 0 radical (unpaired) electrons. The van der Waals surface area contributed by atoms with Gasteiger partial charge in [0, 0.05) is 18.2 Å². The van der Waals surface area contributed by atoms with Crippen molar-refractivity contribution < 1.29 is 4.52 Å². The van der Waals surface area contributed by atoms with Crippen LogP contribution in [-0.2, 0) is 6.42 Å². The summed E-state index contributed by atoms with van der Waals surface area (Å²) in [6.07, 6.45) is 3.21. The van der Waals surface area contributed by atoms with Gasteiger partial charge in [-0.25, -0.2) is 0 Å². The molecule has 0 fully saturated rings. The van der Waals surface area contributed by atoms with E-state index in [2.05, 4.69) is 15.1 Å². The highest BCUT2D eigenvalue weighted by molar-refractivity contribution is 5.52. The monoisotopic (exact) mass is 246 g/mol. The topological polar surface area (TPSA) is 77.8 Å². The molecular formula is C13H18N4O. The Balaban J connectivity index is 2.14. The summed E-state index contributed by atoms with van der Waals surface area (Å²) >= 11 is 0. The van der Waals surface area contributed by atoms with Crippen LogP contribution < -0.4 is 5.73 Å². The number of nitrogens with zero attached hydrogens (tertiary/aromatic N) is 3. The minimum atomic E-state index is -0.227. The van der Waals surface area contributed by atoms with E-state index in [-0.39, 0.29) is 5.54 Å². The van der Waals surface area contributed by atoms with Crippen molar-refractivity contribution in [2.75, 3.05) is 0 Å². The SMILES string of the molecule is Cc1cccnc1-c1noc(CCC(C)(C)N)n1. The minimum absolute atomic E-state index is 0.227. The fourth-order valence-electron chi connectivity index (χ4n) is 1.60. The lowest BCUT2D eigenvalue weighted by atomic mass is 10.0. The second-order valence-corrected chi connectivity index (χ2v) is 5.17. The van der Waals surface area contributed by atoms with Crippen LogP contribution in [-0.4, -0.2) is 20.7 Å². The standard InChI is InChI=1S/C13H18N4O/c1-9-5-4-8-15-11(9)12-16-10(18-17-12)6-7-13(2,3)14/h4-5,8H,6-7,14H2,1-3H3. The van der Waals surface area contributed by atoms with Crippen molar-refractivity contribution in [2.24, 2.45) is 5.73 Å². The van der Waals surface area contributed by atoms with Crippen LogP contribution in [0.15, 0.2) is 22.9 Å². The number of hydrogen-bond acceptors (Lipinski definition) is 5. The maximum Gasteiger partial charge on any atom is 0.227 e. The van der Waals surface area contributed by atoms with Gasteiger partial charge in [-0.1, -0.05) is 11.2 Å². The Morgan fingerprint density at radius 1 is 1.39 bits per heavy atom. The van der Waals surface area contributed by atoms with Gasteiger partial charge < -0.3 is 10.3 Å². The number of aryl methyl sites for hydroxylation is 2. The van der Waals surface area contributed by atoms with Crippen LogP contribution in [0.1, 0.15) is 31.7 Å². The Kier molecular flexibility index (Phi) is 3.43. The molecule has 0 aliphatic carbocycles. The normalized spacial score (nSPS) is 11.8. The lowest BCUT2D eigenvalue weighted by Crippen LogP contribution is -2.32. The average Bonchev–Trinajstić information content (AvgIpc) is 2.75. The number of pyridine rings is 1. The minimum Gasteiger partial charge on any atom is -0.339 e. The molecule has 18 heavy (non-hydrogen) atoms. The second kappa shape index (κ2) is 4.86. The Bertz CT molecular complexity index is 528. The van der Waals surface area contributed by atoms with Crippen LogP contribution in [0.3, 0.4) is 0 Å². The Labute approximate surface area is 106 Å². The molecule has 96 valence electrons. The Morgan fingerprint density at radius 2 is 2.17 bits per heavy atom. The summed E-state index contributed by atoms with van der Waals surface area (Å²) in [5, 5.41) is 3.96. The lowest BCUT2D eigenvalue weighted by molar-refractivity contribution is 0.358. The van der Waals surface area contributed by atoms with Crippen LogP contribution in [0.4, 0.5) is 0 Å². The molecule has 0 bridgehead atoms. The van der Waals surface area contributed by atoms with Crippen molar-refractivity contribution in [3.8, 4) is 11.5 Å². The highest BCUT2D eigenvalue weighted by Crippen LogP contribution is 2.18. The number of aromatic nitrogens is 3. The van der Waals surface area contributed by atoms with Gasteiger partial charge in [-0.15, -0.1) is 0 Å². The summed E-state index contributed by atoms with van der Waals surface area (Å²) in [6, 6.07) is 3.86. The van der Waals surface area contributed by atoms with E-state index in [0.29, 0.717) is 18.1 Å². The zero-order valence-electron chi connectivity index (χ0n) is 11.0. The van der Waals surface area contributed by atoms with Gasteiger partial charge in [-0.05, 0) is 38.8 Å². The van der Waals surface area contributed by atoms with Gasteiger partial charge in [-0.3, -0.25) is 4.98 Å². The first-order valence-corrected chi connectivity index (χ1v) is 5.99. The number of hydrogen-bond donors (Lipinski definition) is 1. The van der Waals surface area contributed by atoms with E-state index in [1.54, 1.807) is 6.20 Å². The summed E-state index contributed by atoms with van der Waals surface area (Å²) < 4.78 is 5.21. The molecule has 0 unspecified atom stereocenters. The van der Waals surface area contributed by atoms with Crippen molar-refractivity contribution in [1.29, 1.82) is 0 Å². The maximum absolute atomic E-state index is 5.92. The quantitative estimate of drug-likeness (QED) is 0.893. The van der Waals surface area contributed by atoms with Crippen molar-refractivity contribution >= 4 is 0 Å². The van der Waals surface area contributed by atoms with Gasteiger partial charge in [-0.2, -0.15) is 4.98 Å². The molecule has 2 aromatic heterocycles. The third-order valence-corrected chi connectivity index (χ3v) is 2.67. The molecule has 0 aliphatic rings. The van der Waals surface area contributed by atoms with Crippen molar-refractivity contribution in [3.63, 3.8) is 0 Å². The second-order valence-electron chi connectivity index (χ2n) is 5.17. The van der Waals surface area contributed by atoms with E-state index < -0.39 is 0 Å². The Hall–Kier alpha value is -1.75. The predicted octanol–water partition coefficient (Wildman–Crippen LogP) is 2.11. The Morgan fingerprint density at radius 3 is 2.83 bits per heavy atom. The summed E-state index contributed by atoms with van der Waals surface area (Å²) in [4.78, 5) is 8.61. The highest BCUT2D eigenvalue weighted by atomic mass is 16.5. The maximum atomic E-state index is 5.92.